The molecule has 0 fully saturated rings. The summed E-state index contributed by atoms with van der Waals surface area (Å²) in [6.45, 7) is 1.40. The average molecular weight is 289 g/mol. The number of aryl methyl sites for hydroxylation is 1. The molecule has 0 radical (unpaired) electrons. The molecule has 21 heavy (non-hydrogen) atoms. The Bertz CT molecular complexity index is 531. The second-order valence-electron chi connectivity index (χ2n) is 4.87. The van der Waals surface area contributed by atoms with Crippen molar-refractivity contribution in [1.82, 2.24) is 10.6 Å². The largest absolute Gasteiger partial charge is 0.359 e. The summed E-state index contributed by atoms with van der Waals surface area (Å²) in [5, 5.41) is 5.08. The minimum atomic E-state index is -0.599. The van der Waals surface area contributed by atoms with Crippen molar-refractivity contribution < 1.29 is 14.4 Å². The maximum atomic E-state index is 12.2. The molecule has 1 aliphatic rings. The Kier molecular flexibility index (Phi) is 5.31. The first-order chi connectivity index (χ1) is 10.2. The van der Waals surface area contributed by atoms with Gasteiger partial charge in [-0.3, -0.25) is 14.4 Å². The number of fused-ring (bicyclic) bond motifs is 1. The highest BCUT2D eigenvalue weighted by atomic mass is 16.2. The summed E-state index contributed by atoms with van der Waals surface area (Å²) in [5.74, 6) is -1.12. The van der Waals surface area contributed by atoms with Gasteiger partial charge in [-0.1, -0.05) is 18.2 Å². The highest BCUT2D eigenvalue weighted by Crippen LogP contribution is 2.26. The summed E-state index contributed by atoms with van der Waals surface area (Å²) in [6, 6.07) is 7.66. The van der Waals surface area contributed by atoms with Gasteiger partial charge in [-0.15, -0.1) is 0 Å². The van der Waals surface area contributed by atoms with Crippen LogP contribution in [0.25, 0.3) is 0 Å². The van der Waals surface area contributed by atoms with Crippen molar-refractivity contribution in [2.45, 2.75) is 19.3 Å². The van der Waals surface area contributed by atoms with E-state index in [4.69, 9.17) is 0 Å². The molecular formula is C15H19N3O3. The summed E-state index contributed by atoms with van der Waals surface area (Å²) in [4.78, 5) is 35.7. The Morgan fingerprint density at radius 2 is 2.05 bits per heavy atom. The van der Waals surface area contributed by atoms with Crippen molar-refractivity contribution in [2.24, 2.45) is 0 Å². The Hall–Kier alpha value is -2.37. The van der Waals surface area contributed by atoms with Gasteiger partial charge in [0.15, 0.2) is 0 Å². The number of amides is 3. The molecule has 1 aromatic rings. The summed E-state index contributed by atoms with van der Waals surface area (Å²) in [6.07, 6.45) is 2.99. The number of anilines is 1. The van der Waals surface area contributed by atoms with Gasteiger partial charge in [0.05, 0.1) is 0 Å². The van der Waals surface area contributed by atoms with Crippen LogP contribution in [-0.2, 0) is 20.8 Å². The smallest absolute Gasteiger partial charge is 0.316 e. The molecule has 0 saturated carbocycles. The van der Waals surface area contributed by atoms with Gasteiger partial charge in [-0.25, -0.2) is 0 Å². The van der Waals surface area contributed by atoms with E-state index in [1.54, 1.807) is 0 Å². The SMILES string of the molecule is O=CNCCCNC(=O)C(=O)N1CCCc2ccccc21. The number of carbonyl (C=O) groups is 3. The Morgan fingerprint density at radius 1 is 1.24 bits per heavy atom. The van der Waals surface area contributed by atoms with Crippen molar-refractivity contribution in [3.8, 4) is 0 Å². The molecule has 0 unspecified atom stereocenters. The number of benzene rings is 1. The van der Waals surface area contributed by atoms with Crippen molar-refractivity contribution in [3.63, 3.8) is 0 Å². The fourth-order valence-corrected chi connectivity index (χ4v) is 2.39. The third-order valence-corrected chi connectivity index (χ3v) is 3.42. The number of rotatable bonds is 5. The highest BCUT2D eigenvalue weighted by Gasteiger charge is 2.26. The molecular weight excluding hydrogens is 270 g/mol. The molecule has 1 aliphatic heterocycles. The molecule has 6 nitrogen and oxygen atoms in total. The predicted molar refractivity (Wildman–Crippen MR) is 78.8 cm³/mol. The third-order valence-electron chi connectivity index (χ3n) is 3.42. The number of nitrogens with one attached hydrogen (secondary N) is 2. The van der Waals surface area contributed by atoms with Crippen molar-refractivity contribution in [3.05, 3.63) is 29.8 Å². The van der Waals surface area contributed by atoms with Gasteiger partial charge in [-0.05, 0) is 30.9 Å². The number of nitrogens with zero attached hydrogens (tertiary/aromatic N) is 1. The molecule has 1 aromatic carbocycles. The average Bonchev–Trinajstić information content (AvgIpc) is 2.53. The van der Waals surface area contributed by atoms with Crippen LogP contribution in [0.4, 0.5) is 5.69 Å². The number of hydrogen-bond acceptors (Lipinski definition) is 3. The first-order valence-electron chi connectivity index (χ1n) is 7.08. The van der Waals surface area contributed by atoms with Crippen molar-refractivity contribution in [2.75, 3.05) is 24.5 Å². The van der Waals surface area contributed by atoms with Crippen LogP contribution in [0, 0.1) is 0 Å². The van der Waals surface area contributed by atoms with E-state index < -0.39 is 11.8 Å². The van der Waals surface area contributed by atoms with Crippen LogP contribution in [0.5, 0.6) is 0 Å². The summed E-state index contributed by atoms with van der Waals surface area (Å²) < 4.78 is 0. The van der Waals surface area contributed by atoms with Crippen LogP contribution >= 0.6 is 0 Å². The first-order valence-corrected chi connectivity index (χ1v) is 7.08. The zero-order chi connectivity index (χ0) is 15.1. The van der Waals surface area contributed by atoms with Gasteiger partial charge in [0.25, 0.3) is 0 Å². The predicted octanol–water partition coefficient (Wildman–Crippen LogP) is 0.218. The van der Waals surface area contributed by atoms with Gasteiger partial charge in [0.2, 0.25) is 6.41 Å². The molecule has 2 rings (SSSR count). The zero-order valence-electron chi connectivity index (χ0n) is 11.8. The van der Waals surface area contributed by atoms with Gasteiger partial charge < -0.3 is 15.5 Å². The molecule has 1 heterocycles. The normalized spacial score (nSPS) is 13.2. The Balaban J connectivity index is 1.91. The van der Waals surface area contributed by atoms with Gasteiger partial charge in [0, 0.05) is 25.3 Å². The van der Waals surface area contributed by atoms with Crippen LogP contribution < -0.4 is 15.5 Å². The fourth-order valence-electron chi connectivity index (χ4n) is 2.39. The summed E-state index contributed by atoms with van der Waals surface area (Å²) >= 11 is 0. The molecule has 2 N–H and O–H groups in total. The van der Waals surface area contributed by atoms with E-state index in [0.29, 0.717) is 32.5 Å². The summed E-state index contributed by atoms with van der Waals surface area (Å²) in [7, 11) is 0. The van der Waals surface area contributed by atoms with Crippen molar-refractivity contribution >= 4 is 23.9 Å². The minimum Gasteiger partial charge on any atom is -0.359 e. The number of para-hydroxylation sites is 1. The Morgan fingerprint density at radius 3 is 2.86 bits per heavy atom. The lowest BCUT2D eigenvalue weighted by molar-refractivity contribution is -0.137. The van der Waals surface area contributed by atoms with Crippen LogP contribution in [0.2, 0.25) is 0 Å². The molecule has 0 atom stereocenters. The van der Waals surface area contributed by atoms with E-state index in [-0.39, 0.29) is 0 Å². The second-order valence-corrected chi connectivity index (χ2v) is 4.87. The molecule has 0 bridgehead atoms. The van der Waals surface area contributed by atoms with E-state index >= 15 is 0 Å². The minimum absolute atomic E-state index is 0.362. The Labute approximate surface area is 123 Å². The van der Waals surface area contributed by atoms with Crippen LogP contribution in [0.1, 0.15) is 18.4 Å². The maximum Gasteiger partial charge on any atom is 0.316 e. The quantitative estimate of drug-likeness (QED) is 0.462. The molecule has 0 saturated heterocycles. The fraction of sp³-hybridized carbons (Fsp3) is 0.400. The molecule has 0 aliphatic carbocycles. The number of hydrogen-bond donors (Lipinski definition) is 2. The topological polar surface area (TPSA) is 78.5 Å². The molecule has 112 valence electrons. The standard InChI is InChI=1S/C15H19N3O3/c19-11-16-8-4-9-17-14(20)15(21)18-10-3-6-12-5-1-2-7-13(12)18/h1-2,5,7,11H,3-4,6,8-10H2,(H,16,19)(H,17,20). The molecule has 0 aromatic heterocycles. The zero-order valence-corrected chi connectivity index (χ0v) is 11.8. The lowest BCUT2D eigenvalue weighted by atomic mass is 10.0. The van der Waals surface area contributed by atoms with Crippen LogP contribution in [0.15, 0.2) is 24.3 Å². The highest BCUT2D eigenvalue weighted by molar-refractivity contribution is 6.40. The van der Waals surface area contributed by atoms with Crippen LogP contribution in [-0.4, -0.2) is 37.9 Å². The van der Waals surface area contributed by atoms with Crippen molar-refractivity contribution in [1.29, 1.82) is 0 Å². The molecule has 3 amide bonds. The number of carbonyl (C=O) groups excluding carboxylic acids is 3. The van der Waals surface area contributed by atoms with E-state index in [1.807, 2.05) is 24.3 Å². The molecule has 6 heteroatoms. The second kappa shape index (κ2) is 7.42. The first kappa shape index (κ1) is 15.0. The monoisotopic (exact) mass is 289 g/mol. The van der Waals surface area contributed by atoms with E-state index in [9.17, 15) is 14.4 Å². The van der Waals surface area contributed by atoms with Gasteiger partial charge in [-0.2, -0.15) is 0 Å². The maximum absolute atomic E-state index is 12.2. The van der Waals surface area contributed by atoms with Gasteiger partial charge in [0.1, 0.15) is 0 Å². The third kappa shape index (κ3) is 3.81. The lowest BCUT2D eigenvalue weighted by Gasteiger charge is -2.28. The van der Waals surface area contributed by atoms with E-state index in [0.717, 1.165) is 24.1 Å². The summed E-state index contributed by atoms with van der Waals surface area (Å²) in [5.41, 5.74) is 1.92. The van der Waals surface area contributed by atoms with Crippen LogP contribution in [0.3, 0.4) is 0 Å². The van der Waals surface area contributed by atoms with E-state index in [1.165, 1.54) is 4.90 Å². The molecule has 0 spiro atoms. The lowest BCUT2D eigenvalue weighted by Crippen LogP contribution is -2.45. The van der Waals surface area contributed by atoms with Gasteiger partial charge >= 0.3 is 11.8 Å². The van der Waals surface area contributed by atoms with E-state index in [2.05, 4.69) is 10.6 Å².